The summed E-state index contributed by atoms with van der Waals surface area (Å²) in [6, 6.07) is 0. The zero-order valence-corrected chi connectivity index (χ0v) is 7.56. The highest BCUT2D eigenvalue weighted by molar-refractivity contribution is 7.71. The quantitative estimate of drug-likeness (QED) is 0.232. The van der Waals surface area contributed by atoms with Crippen molar-refractivity contribution in [3.63, 3.8) is 0 Å². The molecule has 0 aromatic heterocycles. The molecule has 0 amide bonds. The molecule has 0 aromatic carbocycles. The van der Waals surface area contributed by atoms with Gasteiger partial charge < -0.3 is 14.7 Å². The maximum Gasteiger partial charge on any atom is 0.373 e. The molecular weight excluding hydrogens is 210 g/mol. The Balaban J connectivity index is 4.95. The van der Waals surface area contributed by atoms with Gasteiger partial charge in [-0.1, -0.05) is 6.08 Å². The van der Waals surface area contributed by atoms with Crippen LogP contribution in [-0.4, -0.2) is 25.3 Å². The summed E-state index contributed by atoms with van der Waals surface area (Å²) in [4.78, 5) is 25.6. The molecule has 0 bridgehead atoms. The minimum atomic E-state index is -4.83. The van der Waals surface area contributed by atoms with E-state index >= 15 is 0 Å². The van der Waals surface area contributed by atoms with Gasteiger partial charge in [-0.05, 0) is 0 Å². The van der Waals surface area contributed by atoms with Crippen molar-refractivity contribution in [3.05, 3.63) is 12.7 Å². The Morgan fingerprint density at radius 3 is 1.83 bits per heavy atom. The Hall–Kier alpha value is -0.0000000000000000694. The van der Waals surface area contributed by atoms with E-state index in [0.29, 0.717) is 6.08 Å². The number of hydrogen-bond donors (Lipinski definition) is 4. The Bertz CT molecular complexity index is 253. The first-order valence-corrected chi connectivity index (χ1v) is 5.92. The molecule has 0 aliphatic carbocycles. The lowest BCUT2D eigenvalue weighted by Crippen LogP contribution is -2.06. The van der Waals surface area contributed by atoms with Gasteiger partial charge >= 0.3 is 15.2 Å². The molecule has 12 heavy (non-hydrogen) atoms. The monoisotopic (exact) mass is 218 g/mol. The van der Waals surface area contributed by atoms with Gasteiger partial charge in [0.1, 0.15) is 0 Å². The Labute approximate surface area is 67.9 Å². The van der Waals surface area contributed by atoms with Crippen molar-refractivity contribution < 1.29 is 33.7 Å². The summed E-state index contributed by atoms with van der Waals surface area (Å²) in [6.45, 7) is 2.93. The zero-order valence-electron chi connectivity index (χ0n) is 5.77. The van der Waals surface area contributed by atoms with E-state index in [0.717, 1.165) is 0 Å². The molecule has 0 saturated heterocycles. The van der Waals surface area contributed by atoms with Gasteiger partial charge in [0.05, 0.1) is 0 Å². The highest BCUT2D eigenvalue weighted by Gasteiger charge is 2.43. The predicted molar refractivity (Wildman–Crippen MR) is 39.6 cm³/mol. The van der Waals surface area contributed by atoms with E-state index in [1.165, 1.54) is 0 Å². The molecule has 0 rings (SSSR count). The van der Waals surface area contributed by atoms with Gasteiger partial charge in [0, 0.05) is 0 Å². The van der Waals surface area contributed by atoms with Gasteiger partial charge in [0.2, 0.25) is 0 Å². The van der Waals surface area contributed by atoms with Crippen LogP contribution in [0.4, 0.5) is 0 Å². The lowest BCUT2D eigenvalue weighted by atomic mass is 10.8. The summed E-state index contributed by atoms with van der Waals surface area (Å²) in [7, 11) is -9.56. The highest BCUT2D eigenvalue weighted by Crippen LogP contribution is 2.62. The van der Waals surface area contributed by atoms with Crippen molar-refractivity contribution in [2.75, 3.05) is 0 Å². The summed E-state index contributed by atoms with van der Waals surface area (Å²) in [5, 5.41) is 5.75. The first-order chi connectivity index (χ1) is 5.25. The number of allylic oxidation sites excluding steroid dienone is 1. The van der Waals surface area contributed by atoms with E-state index in [9.17, 15) is 9.13 Å². The second-order valence-electron chi connectivity index (χ2n) is 1.88. The molecule has 0 heterocycles. The molecule has 2 atom stereocenters. The van der Waals surface area contributed by atoms with Crippen molar-refractivity contribution >= 4 is 15.2 Å². The first-order valence-electron chi connectivity index (χ1n) is 2.59. The van der Waals surface area contributed by atoms with Crippen LogP contribution in [0.15, 0.2) is 12.7 Å². The van der Waals surface area contributed by atoms with Gasteiger partial charge in [-0.15, -0.1) is 6.58 Å². The van der Waals surface area contributed by atoms with Crippen molar-refractivity contribution in [1.29, 1.82) is 0 Å². The van der Waals surface area contributed by atoms with Gasteiger partial charge in [-0.3, -0.25) is 9.13 Å². The van der Waals surface area contributed by atoms with Crippen LogP contribution in [0.25, 0.3) is 0 Å². The van der Waals surface area contributed by atoms with Crippen molar-refractivity contribution in [1.82, 2.24) is 0 Å². The van der Waals surface area contributed by atoms with Crippen LogP contribution < -0.4 is 0 Å². The minimum Gasteiger partial charge on any atom is -0.324 e. The summed E-state index contributed by atoms with van der Waals surface area (Å²) in [6.07, 6.45) is 0.553. The van der Waals surface area contributed by atoms with Crippen LogP contribution in [-0.2, 0) is 13.8 Å². The molecule has 0 spiro atoms. The average Bonchev–Trinajstić information content (AvgIpc) is 1.85. The number of rotatable bonds is 4. The standard InChI is InChI=1S/C3H8O7P2/c1-2-3(11(5,6)7)12(8,9)10-4/h2-4H,1H2,(H,8,9)(H2,5,6,7). The molecule has 4 N–H and O–H groups in total. The minimum absolute atomic E-state index is 0.553. The second-order valence-corrected chi connectivity index (χ2v) is 5.87. The van der Waals surface area contributed by atoms with Crippen LogP contribution in [0.5, 0.6) is 0 Å². The van der Waals surface area contributed by atoms with Crippen molar-refractivity contribution in [3.8, 4) is 0 Å². The first kappa shape index (κ1) is 12.0. The van der Waals surface area contributed by atoms with E-state index in [-0.39, 0.29) is 0 Å². The van der Waals surface area contributed by atoms with Crippen LogP contribution in [0, 0.1) is 0 Å². The maximum absolute atomic E-state index is 10.7. The summed E-state index contributed by atoms with van der Waals surface area (Å²) in [5.74, 6) is 0. The van der Waals surface area contributed by atoms with Gasteiger partial charge in [0.15, 0.2) is 5.40 Å². The van der Waals surface area contributed by atoms with Crippen molar-refractivity contribution in [2.24, 2.45) is 0 Å². The molecule has 9 heteroatoms. The second kappa shape index (κ2) is 3.81. The Morgan fingerprint density at radius 2 is 1.75 bits per heavy atom. The third kappa shape index (κ3) is 2.80. The lowest BCUT2D eigenvalue weighted by molar-refractivity contribution is -0.146. The molecule has 2 unspecified atom stereocenters. The summed E-state index contributed by atoms with van der Waals surface area (Å²) in [5.41, 5.74) is 0. The summed E-state index contributed by atoms with van der Waals surface area (Å²) < 4.78 is 24.2. The van der Waals surface area contributed by atoms with Crippen LogP contribution in [0.3, 0.4) is 0 Å². The third-order valence-electron chi connectivity index (χ3n) is 1.01. The van der Waals surface area contributed by atoms with Gasteiger partial charge in [-0.25, -0.2) is 5.26 Å². The van der Waals surface area contributed by atoms with Gasteiger partial charge in [0.25, 0.3) is 0 Å². The molecule has 0 fully saturated rings. The fourth-order valence-electron chi connectivity index (χ4n) is 0.509. The largest absolute Gasteiger partial charge is 0.373 e. The molecule has 0 radical (unpaired) electrons. The van der Waals surface area contributed by atoms with Crippen LogP contribution in [0.2, 0.25) is 0 Å². The molecule has 0 aliphatic heterocycles. The fourth-order valence-corrected chi connectivity index (χ4v) is 2.79. The smallest absolute Gasteiger partial charge is 0.324 e. The van der Waals surface area contributed by atoms with Gasteiger partial charge in [-0.2, -0.15) is 4.67 Å². The maximum atomic E-state index is 10.7. The van der Waals surface area contributed by atoms with E-state index in [4.69, 9.17) is 19.9 Å². The molecule has 0 saturated carbocycles. The van der Waals surface area contributed by atoms with E-state index in [1.54, 1.807) is 0 Å². The van der Waals surface area contributed by atoms with Crippen LogP contribution >= 0.6 is 15.2 Å². The molecule has 0 aliphatic rings. The number of hydrogen-bond acceptors (Lipinski definition) is 4. The SMILES string of the molecule is C=CC(P(=O)(O)O)P(=O)(O)OO. The van der Waals surface area contributed by atoms with Crippen LogP contribution in [0.1, 0.15) is 0 Å². The topological polar surface area (TPSA) is 124 Å². The Kier molecular flexibility index (Phi) is 3.81. The predicted octanol–water partition coefficient (Wildman–Crippen LogP) is 0.351. The van der Waals surface area contributed by atoms with E-state index in [1.807, 2.05) is 0 Å². The normalized spacial score (nSPS) is 19.7. The molecule has 72 valence electrons. The Morgan fingerprint density at radius 1 is 1.33 bits per heavy atom. The van der Waals surface area contributed by atoms with E-state index < -0.39 is 20.6 Å². The lowest BCUT2D eigenvalue weighted by Gasteiger charge is -2.16. The molecule has 7 nitrogen and oxygen atoms in total. The molecular formula is C3H8O7P2. The highest BCUT2D eigenvalue weighted by atomic mass is 31.2. The zero-order chi connectivity index (χ0) is 9.99. The van der Waals surface area contributed by atoms with E-state index in [2.05, 4.69) is 11.3 Å². The van der Waals surface area contributed by atoms with Crippen molar-refractivity contribution in [2.45, 2.75) is 5.40 Å². The third-order valence-corrected chi connectivity index (χ3v) is 4.80. The average molecular weight is 218 g/mol. The fraction of sp³-hybridized carbons (Fsp3) is 0.333. The molecule has 0 aromatic rings. The summed E-state index contributed by atoms with van der Waals surface area (Å²) >= 11 is 0.